The number of likely N-dealkylation sites (tertiary alicyclic amines) is 1. The lowest BCUT2D eigenvalue weighted by Gasteiger charge is -2.48. The maximum atomic E-state index is 14.0. The van der Waals surface area contributed by atoms with Gasteiger partial charge in [0.25, 0.3) is 0 Å². The Morgan fingerprint density at radius 1 is 1.24 bits per heavy atom. The maximum absolute atomic E-state index is 14.0. The lowest BCUT2D eigenvalue weighted by molar-refractivity contribution is -0.138. The van der Waals surface area contributed by atoms with E-state index < -0.39 is 11.3 Å². The van der Waals surface area contributed by atoms with Crippen molar-refractivity contribution in [3.8, 4) is 11.5 Å². The Morgan fingerprint density at radius 3 is 2.59 bits per heavy atom. The molecule has 29 heavy (non-hydrogen) atoms. The summed E-state index contributed by atoms with van der Waals surface area (Å²) in [6.07, 6.45) is 1.17. The van der Waals surface area contributed by atoms with Gasteiger partial charge >= 0.3 is 0 Å². The first-order chi connectivity index (χ1) is 13.9. The topological polar surface area (TPSA) is 64.8 Å². The number of methoxy groups -OCH3 is 1. The molecule has 1 aliphatic rings. The van der Waals surface area contributed by atoms with Crippen LogP contribution in [0.5, 0.6) is 11.5 Å². The number of nitrogens with zero attached hydrogens (tertiary/aromatic N) is 1. The van der Waals surface area contributed by atoms with E-state index in [4.69, 9.17) is 26.8 Å². The van der Waals surface area contributed by atoms with Gasteiger partial charge in [0.1, 0.15) is 5.82 Å². The van der Waals surface area contributed by atoms with E-state index >= 15 is 0 Å². The molecule has 1 heterocycles. The van der Waals surface area contributed by atoms with Gasteiger partial charge in [-0.3, -0.25) is 9.69 Å². The molecular weight excluding hydrogens is 395 g/mol. The van der Waals surface area contributed by atoms with Crippen LogP contribution in [0.2, 0.25) is 5.02 Å². The molecule has 1 fully saturated rings. The van der Waals surface area contributed by atoms with Crippen molar-refractivity contribution in [3.63, 3.8) is 0 Å². The quantitative estimate of drug-likeness (QED) is 0.670. The number of halogens is 2. The van der Waals surface area contributed by atoms with Crippen molar-refractivity contribution in [1.29, 1.82) is 0 Å². The third kappa shape index (κ3) is 4.65. The molecule has 5 nitrogen and oxygen atoms in total. The number of benzene rings is 2. The van der Waals surface area contributed by atoms with E-state index in [1.807, 2.05) is 13.0 Å². The molecule has 1 aliphatic heterocycles. The number of carbonyl (C=O) groups excluding carboxylic acids is 1. The van der Waals surface area contributed by atoms with Gasteiger partial charge < -0.3 is 15.2 Å². The number of hydrogen-bond donors (Lipinski definition) is 1. The molecular formula is C22H26ClFN2O3. The molecule has 0 bridgehead atoms. The molecule has 2 aromatic carbocycles. The minimum Gasteiger partial charge on any atom is -0.493 e. The van der Waals surface area contributed by atoms with Gasteiger partial charge in [0, 0.05) is 30.7 Å². The molecule has 0 spiro atoms. The summed E-state index contributed by atoms with van der Waals surface area (Å²) < 4.78 is 25.1. The van der Waals surface area contributed by atoms with Gasteiger partial charge in [-0.1, -0.05) is 36.7 Å². The van der Waals surface area contributed by atoms with Crippen LogP contribution in [0.15, 0.2) is 36.4 Å². The molecule has 0 radical (unpaired) electrons. The SMILES string of the molecule is CCCOc1cc(Cl)c(CN2CC(Cc3ccccc3F)(C(N)=O)C2)cc1OC. The monoisotopic (exact) mass is 420 g/mol. The van der Waals surface area contributed by atoms with E-state index in [0.29, 0.717) is 48.3 Å². The largest absolute Gasteiger partial charge is 0.493 e. The second-order valence-electron chi connectivity index (χ2n) is 7.50. The van der Waals surface area contributed by atoms with Crippen LogP contribution < -0.4 is 15.2 Å². The summed E-state index contributed by atoms with van der Waals surface area (Å²) in [6, 6.07) is 10.1. The molecule has 3 rings (SSSR count). The Balaban J connectivity index is 1.71. The Morgan fingerprint density at radius 2 is 1.97 bits per heavy atom. The van der Waals surface area contributed by atoms with Gasteiger partial charge in [-0.25, -0.2) is 4.39 Å². The maximum Gasteiger partial charge on any atom is 0.226 e. The summed E-state index contributed by atoms with van der Waals surface area (Å²) in [5, 5.41) is 0.572. The van der Waals surface area contributed by atoms with Crippen LogP contribution in [0.1, 0.15) is 24.5 Å². The molecule has 0 saturated carbocycles. The average Bonchev–Trinajstić information content (AvgIpc) is 2.67. The first-order valence-corrected chi connectivity index (χ1v) is 10.0. The molecule has 0 aliphatic carbocycles. The molecule has 1 saturated heterocycles. The molecule has 2 aromatic rings. The summed E-state index contributed by atoms with van der Waals surface area (Å²) in [5.74, 6) is 0.495. The minimum atomic E-state index is -0.775. The van der Waals surface area contributed by atoms with Crippen LogP contribution in [-0.2, 0) is 17.8 Å². The van der Waals surface area contributed by atoms with Gasteiger partial charge in [0.15, 0.2) is 11.5 Å². The van der Waals surface area contributed by atoms with E-state index in [1.165, 1.54) is 6.07 Å². The van der Waals surface area contributed by atoms with E-state index in [9.17, 15) is 9.18 Å². The van der Waals surface area contributed by atoms with Crippen molar-refractivity contribution in [2.45, 2.75) is 26.3 Å². The van der Waals surface area contributed by atoms with Crippen molar-refractivity contribution in [3.05, 3.63) is 58.4 Å². The van der Waals surface area contributed by atoms with Crippen molar-refractivity contribution in [2.24, 2.45) is 11.1 Å². The van der Waals surface area contributed by atoms with Gasteiger partial charge in [-0.15, -0.1) is 0 Å². The number of nitrogens with two attached hydrogens (primary N) is 1. The third-order valence-electron chi connectivity index (χ3n) is 5.25. The van der Waals surface area contributed by atoms with Crippen molar-refractivity contribution in [1.82, 2.24) is 4.90 Å². The Labute approximate surface area is 175 Å². The van der Waals surface area contributed by atoms with E-state index in [2.05, 4.69) is 4.90 Å². The number of rotatable bonds is 9. The molecule has 1 amide bonds. The summed E-state index contributed by atoms with van der Waals surface area (Å²) in [7, 11) is 1.59. The highest BCUT2D eigenvalue weighted by Gasteiger charge is 2.48. The van der Waals surface area contributed by atoms with Crippen LogP contribution in [0.3, 0.4) is 0 Å². The lowest BCUT2D eigenvalue weighted by Crippen LogP contribution is -2.63. The van der Waals surface area contributed by atoms with Crippen molar-refractivity contribution in [2.75, 3.05) is 26.8 Å². The number of hydrogen-bond acceptors (Lipinski definition) is 4. The second-order valence-corrected chi connectivity index (χ2v) is 7.91. The minimum absolute atomic E-state index is 0.284. The zero-order valence-corrected chi connectivity index (χ0v) is 17.5. The fourth-order valence-electron chi connectivity index (χ4n) is 3.71. The number of ether oxygens (including phenoxy) is 2. The van der Waals surface area contributed by atoms with Crippen molar-refractivity contribution < 1.29 is 18.7 Å². The van der Waals surface area contributed by atoms with E-state index in [0.717, 1.165) is 12.0 Å². The zero-order valence-electron chi connectivity index (χ0n) is 16.7. The fourth-order valence-corrected chi connectivity index (χ4v) is 3.92. The molecule has 0 aromatic heterocycles. The predicted octanol–water partition coefficient (Wildman–Crippen LogP) is 3.81. The predicted molar refractivity (Wildman–Crippen MR) is 111 cm³/mol. The number of amides is 1. The smallest absolute Gasteiger partial charge is 0.226 e. The highest BCUT2D eigenvalue weighted by atomic mass is 35.5. The summed E-state index contributed by atoms with van der Waals surface area (Å²) in [5.41, 5.74) is 6.28. The summed E-state index contributed by atoms with van der Waals surface area (Å²) in [4.78, 5) is 14.2. The zero-order chi connectivity index (χ0) is 21.0. The average molecular weight is 421 g/mol. The van der Waals surface area contributed by atoms with Gasteiger partial charge in [-0.05, 0) is 36.1 Å². The summed E-state index contributed by atoms with van der Waals surface area (Å²) in [6.45, 7) is 4.04. The molecule has 0 unspecified atom stereocenters. The van der Waals surface area contributed by atoms with E-state index in [-0.39, 0.29) is 12.2 Å². The molecule has 0 atom stereocenters. The first kappa shape index (κ1) is 21.4. The molecule has 156 valence electrons. The number of carbonyl (C=O) groups is 1. The molecule has 2 N–H and O–H groups in total. The second kappa shape index (κ2) is 9.01. The third-order valence-corrected chi connectivity index (χ3v) is 5.60. The van der Waals surface area contributed by atoms with E-state index in [1.54, 1.807) is 31.4 Å². The summed E-state index contributed by atoms with van der Waals surface area (Å²) >= 11 is 6.44. The number of primary amides is 1. The fraction of sp³-hybridized carbons (Fsp3) is 0.409. The Kier molecular flexibility index (Phi) is 6.65. The van der Waals surface area contributed by atoms with Crippen LogP contribution in [0.25, 0.3) is 0 Å². The highest BCUT2D eigenvalue weighted by Crippen LogP contribution is 2.39. The van der Waals surface area contributed by atoms with Crippen LogP contribution in [0, 0.1) is 11.2 Å². The van der Waals surface area contributed by atoms with Crippen molar-refractivity contribution >= 4 is 17.5 Å². The normalized spacial score (nSPS) is 15.6. The van der Waals surface area contributed by atoms with Crippen LogP contribution >= 0.6 is 11.6 Å². The van der Waals surface area contributed by atoms with Gasteiger partial charge in [0.2, 0.25) is 5.91 Å². The standard InChI is InChI=1S/C22H26ClFN2O3/c1-3-8-29-20-10-17(23)16(9-19(20)28-2)12-26-13-22(14-26,21(25)27)11-15-6-4-5-7-18(15)24/h4-7,9-10H,3,8,11-14H2,1-2H3,(H2,25,27). The van der Waals surface area contributed by atoms with Gasteiger partial charge in [0.05, 0.1) is 19.1 Å². The van der Waals surface area contributed by atoms with Crippen LogP contribution in [-0.4, -0.2) is 37.6 Å². The van der Waals surface area contributed by atoms with Gasteiger partial charge in [-0.2, -0.15) is 0 Å². The Bertz CT molecular complexity index is 884. The Hall–Kier alpha value is -2.31. The molecule has 7 heteroatoms. The van der Waals surface area contributed by atoms with Crippen LogP contribution in [0.4, 0.5) is 4.39 Å². The first-order valence-electron chi connectivity index (χ1n) is 9.63. The lowest BCUT2D eigenvalue weighted by atomic mass is 9.74. The highest BCUT2D eigenvalue weighted by molar-refractivity contribution is 6.31.